The Morgan fingerprint density at radius 3 is 2.24 bits per heavy atom. The summed E-state index contributed by atoms with van der Waals surface area (Å²) in [6, 6.07) is 8.01. The van der Waals surface area contributed by atoms with E-state index in [0.29, 0.717) is 6.61 Å². The zero-order valence-corrected chi connectivity index (χ0v) is 11.5. The van der Waals surface area contributed by atoms with Crippen LogP contribution in [-0.4, -0.2) is 12.8 Å². The maximum atomic E-state index is 5.58. The first kappa shape index (κ1) is 15.4. The van der Waals surface area contributed by atoms with E-state index in [2.05, 4.69) is 11.9 Å². The van der Waals surface area contributed by atoms with E-state index in [0.717, 1.165) is 11.4 Å². The molecule has 0 saturated carbocycles. The second-order valence-electron chi connectivity index (χ2n) is 3.27. The van der Waals surface area contributed by atoms with E-state index in [9.17, 15) is 0 Å². The third kappa shape index (κ3) is 6.56. The average molecular weight is 233 g/mol. The highest BCUT2D eigenvalue weighted by atomic mass is 16.5. The molecule has 0 spiro atoms. The molecule has 2 nitrogen and oxygen atoms in total. The predicted molar refractivity (Wildman–Crippen MR) is 75.9 cm³/mol. The van der Waals surface area contributed by atoms with E-state index in [1.807, 2.05) is 58.0 Å². The number of rotatable bonds is 4. The Morgan fingerprint density at radius 2 is 1.76 bits per heavy atom. The molecule has 0 heterocycles. The van der Waals surface area contributed by atoms with Crippen molar-refractivity contribution >= 4 is 6.21 Å². The smallest absolute Gasteiger partial charge is 0.130 e. The summed E-state index contributed by atoms with van der Waals surface area (Å²) >= 11 is 0. The molecular weight excluding hydrogens is 210 g/mol. The second kappa shape index (κ2) is 9.64. The average Bonchev–Trinajstić information content (AvgIpc) is 2.39. The SMILES string of the molecule is CC.CC=N/C(=C\C)COc1ccc(C)cc1. The number of ether oxygens (including phenoxy) is 1. The summed E-state index contributed by atoms with van der Waals surface area (Å²) < 4.78 is 5.58. The highest BCUT2D eigenvalue weighted by Crippen LogP contribution is 2.12. The van der Waals surface area contributed by atoms with Crippen LogP contribution in [0.2, 0.25) is 0 Å². The largest absolute Gasteiger partial charge is 0.487 e. The van der Waals surface area contributed by atoms with E-state index in [1.165, 1.54) is 5.56 Å². The molecule has 1 rings (SSSR count). The fourth-order valence-corrected chi connectivity index (χ4v) is 1.15. The van der Waals surface area contributed by atoms with E-state index in [4.69, 9.17) is 4.74 Å². The van der Waals surface area contributed by atoms with Crippen LogP contribution in [0.4, 0.5) is 0 Å². The van der Waals surface area contributed by atoms with Gasteiger partial charge in [-0.2, -0.15) is 0 Å². The van der Waals surface area contributed by atoms with Crippen molar-refractivity contribution in [2.45, 2.75) is 34.6 Å². The molecule has 0 fully saturated rings. The van der Waals surface area contributed by atoms with Gasteiger partial charge < -0.3 is 4.74 Å². The molecule has 17 heavy (non-hydrogen) atoms. The minimum Gasteiger partial charge on any atom is -0.487 e. The number of nitrogens with zero attached hydrogens (tertiary/aromatic N) is 1. The third-order valence-electron chi connectivity index (χ3n) is 2.04. The van der Waals surface area contributed by atoms with Crippen LogP contribution in [0.25, 0.3) is 0 Å². The van der Waals surface area contributed by atoms with Gasteiger partial charge in [0.05, 0.1) is 5.70 Å². The van der Waals surface area contributed by atoms with Gasteiger partial charge in [-0.05, 0) is 32.9 Å². The van der Waals surface area contributed by atoms with E-state index < -0.39 is 0 Å². The molecule has 1 aromatic carbocycles. The molecule has 0 aromatic heterocycles. The van der Waals surface area contributed by atoms with E-state index >= 15 is 0 Å². The summed E-state index contributed by atoms with van der Waals surface area (Å²) in [5, 5.41) is 0. The predicted octanol–water partition coefficient (Wildman–Crippen LogP) is 4.39. The molecule has 0 aliphatic carbocycles. The van der Waals surface area contributed by atoms with Crippen LogP contribution in [0.3, 0.4) is 0 Å². The zero-order chi connectivity index (χ0) is 13.1. The van der Waals surface area contributed by atoms with Gasteiger partial charge in [0.15, 0.2) is 0 Å². The number of hydrogen-bond acceptors (Lipinski definition) is 2. The molecule has 0 radical (unpaired) electrons. The summed E-state index contributed by atoms with van der Waals surface area (Å²) in [5.41, 5.74) is 2.18. The van der Waals surface area contributed by atoms with Gasteiger partial charge in [-0.15, -0.1) is 0 Å². The molecule has 0 aliphatic heterocycles. The fourth-order valence-electron chi connectivity index (χ4n) is 1.15. The summed E-state index contributed by atoms with van der Waals surface area (Å²) in [7, 11) is 0. The van der Waals surface area contributed by atoms with Gasteiger partial charge in [0.2, 0.25) is 0 Å². The van der Waals surface area contributed by atoms with Crippen LogP contribution in [0, 0.1) is 6.92 Å². The molecule has 2 heteroatoms. The maximum absolute atomic E-state index is 5.58. The Balaban J connectivity index is 0.00000121. The van der Waals surface area contributed by atoms with Crippen molar-refractivity contribution in [1.82, 2.24) is 0 Å². The molecule has 0 amide bonds. The quantitative estimate of drug-likeness (QED) is 0.706. The molecule has 0 bridgehead atoms. The van der Waals surface area contributed by atoms with E-state index in [1.54, 1.807) is 6.21 Å². The molecule has 94 valence electrons. The number of benzene rings is 1. The maximum Gasteiger partial charge on any atom is 0.130 e. The minimum absolute atomic E-state index is 0.518. The van der Waals surface area contributed by atoms with Crippen molar-refractivity contribution in [2.24, 2.45) is 4.99 Å². The van der Waals surface area contributed by atoms with Gasteiger partial charge in [-0.25, -0.2) is 0 Å². The highest BCUT2D eigenvalue weighted by molar-refractivity contribution is 5.55. The molecule has 0 atom stereocenters. The molecule has 0 unspecified atom stereocenters. The number of aliphatic imine (C=N–C) groups is 1. The molecule has 0 N–H and O–H groups in total. The Bertz CT molecular complexity index is 350. The summed E-state index contributed by atoms with van der Waals surface area (Å²) in [5.74, 6) is 0.881. The lowest BCUT2D eigenvalue weighted by Gasteiger charge is -2.06. The first-order valence-electron chi connectivity index (χ1n) is 6.09. The lowest BCUT2D eigenvalue weighted by Crippen LogP contribution is -1.99. The van der Waals surface area contributed by atoms with Crippen molar-refractivity contribution in [2.75, 3.05) is 6.61 Å². The standard InChI is InChI=1S/C13H17NO.C2H6/c1-4-12(14-5-2)10-15-13-8-6-11(3)7-9-13;1-2/h4-9H,10H2,1-3H3;1-2H3/b12-4-,14-5?;. The summed E-state index contributed by atoms with van der Waals surface area (Å²) in [6.45, 7) is 10.4. The zero-order valence-electron chi connectivity index (χ0n) is 11.5. The van der Waals surface area contributed by atoms with Gasteiger partial charge in [0, 0.05) is 6.21 Å². The Kier molecular flexibility index (Phi) is 8.75. The van der Waals surface area contributed by atoms with Gasteiger partial charge in [0.25, 0.3) is 0 Å². The topological polar surface area (TPSA) is 21.6 Å². The van der Waals surface area contributed by atoms with Crippen LogP contribution in [0.5, 0.6) is 5.75 Å². The van der Waals surface area contributed by atoms with Crippen molar-refractivity contribution in [3.05, 3.63) is 41.6 Å². The Labute approximate surface area is 105 Å². The molecule has 0 saturated heterocycles. The van der Waals surface area contributed by atoms with Gasteiger partial charge >= 0.3 is 0 Å². The molecule has 0 aliphatic rings. The summed E-state index contributed by atoms with van der Waals surface area (Å²) in [6.07, 6.45) is 3.72. The number of allylic oxidation sites excluding steroid dienone is 1. The van der Waals surface area contributed by atoms with Crippen LogP contribution < -0.4 is 4.74 Å². The normalized spacial score (nSPS) is 11.0. The first-order chi connectivity index (χ1) is 8.26. The lowest BCUT2D eigenvalue weighted by molar-refractivity contribution is 0.350. The van der Waals surface area contributed by atoms with Gasteiger partial charge in [0.1, 0.15) is 12.4 Å². The third-order valence-corrected chi connectivity index (χ3v) is 2.04. The Hall–Kier alpha value is -1.57. The van der Waals surface area contributed by atoms with Crippen molar-refractivity contribution < 1.29 is 4.74 Å². The van der Waals surface area contributed by atoms with Crippen molar-refractivity contribution in [1.29, 1.82) is 0 Å². The van der Waals surface area contributed by atoms with Gasteiger partial charge in [-0.1, -0.05) is 37.6 Å². The second-order valence-corrected chi connectivity index (χ2v) is 3.27. The number of aryl methyl sites for hydroxylation is 1. The summed E-state index contributed by atoms with van der Waals surface area (Å²) in [4.78, 5) is 4.19. The van der Waals surface area contributed by atoms with Crippen molar-refractivity contribution in [3.63, 3.8) is 0 Å². The molecule has 1 aromatic rings. The van der Waals surface area contributed by atoms with Crippen LogP contribution in [0.15, 0.2) is 41.0 Å². The monoisotopic (exact) mass is 233 g/mol. The highest BCUT2D eigenvalue weighted by Gasteiger charge is 1.95. The fraction of sp³-hybridized carbons (Fsp3) is 0.400. The van der Waals surface area contributed by atoms with E-state index in [-0.39, 0.29) is 0 Å². The first-order valence-corrected chi connectivity index (χ1v) is 6.09. The lowest BCUT2D eigenvalue weighted by atomic mass is 10.2. The Morgan fingerprint density at radius 1 is 1.18 bits per heavy atom. The van der Waals surface area contributed by atoms with Crippen molar-refractivity contribution in [3.8, 4) is 5.75 Å². The van der Waals surface area contributed by atoms with Crippen LogP contribution in [0.1, 0.15) is 33.3 Å². The van der Waals surface area contributed by atoms with Crippen LogP contribution >= 0.6 is 0 Å². The minimum atomic E-state index is 0.518. The molecular formula is C15H23NO. The number of hydrogen-bond donors (Lipinski definition) is 0. The van der Waals surface area contributed by atoms with Gasteiger partial charge in [-0.3, -0.25) is 4.99 Å². The van der Waals surface area contributed by atoms with Crippen LogP contribution in [-0.2, 0) is 0 Å².